The third-order valence-corrected chi connectivity index (χ3v) is 5.08. The standard InChI is InChI=1S/C12H26O2S2/c1-3-5-7-9-11-15-16-12(13,14)10-8-6-4-2/h13-14H,3-11H2,1-2H3. The lowest BCUT2D eigenvalue weighted by Crippen LogP contribution is -2.21. The van der Waals surface area contributed by atoms with Crippen LogP contribution < -0.4 is 0 Å². The molecule has 0 spiro atoms. The molecule has 0 amide bonds. The van der Waals surface area contributed by atoms with Crippen LogP contribution in [-0.4, -0.2) is 21.1 Å². The van der Waals surface area contributed by atoms with Gasteiger partial charge in [-0.25, -0.2) is 0 Å². The van der Waals surface area contributed by atoms with Gasteiger partial charge >= 0.3 is 0 Å². The van der Waals surface area contributed by atoms with Crippen molar-refractivity contribution in [2.45, 2.75) is 70.3 Å². The third kappa shape index (κ3) is 11.1. The summed E-state index contributed by atoms with van der Waals surface area (Å²) in [5, 5.41) is 17.8. The van der Waals surface area contributed by atoms with Crippen molar-refractivity contribution in [2.24, 2.45) is 0 Å². The number of hydrogen-bond donors (Lipinski definition) is 2. The van der Waals surface area contributed by atoms with E-state index < -0.39 is 5.12 Å². The first-order valence-electron chi connectivity index (χ1n) is 6.37. The number of aliphatic hydroxyl groups is 2. The van der Waals surface area contributed by atoms with E-state index in [0.717, 1.165) is 25.0 Å². The topological polar surface area (TPSA) is 40.5 Å². The highest BCUT2D eigenvalue weighted by atomic mass is 33.1. The predicted octanol–water partition coefficient (Wildman–Crippen LogP) is 4.17. The molecule has 0 aromatic heterocycles. The number of rotatable bonds is 11. The molecule has 0 fully saturated rings. The lowest BCUT2D eigenvalue weighted by Gasteiger charge is -2.19. The van der Waals surface area contributed by atoms with Crippen LogP contribution in [-0.2, 0) is 0 Å². The van der Waals surface area contributed by atoms with E-state index >= 15 is 0 Å². The highest BCUT2D eigenvalue weighted by Crippen LogP contribution is 2.36. The van der Waals surface area contributed by atoms with Crippen molar-refractivity contribution in [3.05, 3.63) is 0 Å². The molecule has 16 heavy (non-hydrogen) atoms. The van der Waals surface area contributed by atoms with Crippen LogP contribution in [0.15, 0.2) is 0 Å². The molecule has 0 aromatic carbocycles. The van der Waals surface area contributed by atoms with Gasteiger partial charge in [0, 0.05) is 12.2 Å². The Kier molecular flexibility index (Phi) is 11.2. The average Bonchev–Trinajstić information content (AvgIpc) is 2.23. The van der Waals surface area contributed by atoms with E-state index in [-0.39, 0.29) is 0 Å². The summed E-state index contributed by atoms with van der Waals surface area (Å²) in [7, 11) is 2.80. The summed E-state index contributed by atoms with van der Waals surface area (Å²) in [4.78, 5) is 0. The fourth-order valence-corrected chi connectivity index (χ4v) is 3.61. The van der Waals surface area contributed by atoms with Gasteiger partial charge in [-0.1, -0.05) is 56.7 Å². The van der Waals surface area contributed by atoms with Gasteiger partial charge in [-0.3, -0.25) is 0 Å². The molecule has 4 heteroatoms. The van der Waals surface area contributed by atoms with Crippen LogP contribution in [0.4, 0.5) is 0 Å². The van der Waals surface area contributed by atoms with Gasteiger partial charge in [-0.15, -0.1) is 0 Å². The van der Waals surface area contributed by atoms with Gasteiger partial charge in [0.1, 0.15) is 0 Å². The number of unbranched alkanes of at least 4 members (excludes halogenated alkanes) is 5. The van der Waals surface area contributed by atoms with E-state index in [9.17, 15) is 10.2 Å². The van der Waals surface area contributed by atoms with Crippen molar-refractivity contribution in [1.29, 1.82) is 0 Å². The maximum absolute atomic E-state index is 9.64. The quantitative estimate of drug-likeness (QED) is 0.334. The second-order valence-corrected chi connectivity index (χ2v) is 6.84. The fraction of sp³-hybridized carbons (Fsp3) is 1.00. The Morgan fingerprint density at radius 3 is 2.12 bits per heavy atom. The second-order valence-electron chi connectivity index (χ2n) is 4.17. The molecular formula is C12H26O2S2. The van der Waals surface area contributed by atoms with Gasteiger partial charge in [0.2, 0.25) is 5.12 Å². The molecule has 0 aliphatic rings. The largest absolute Gasteiger partial charge is 0.357 e. The highest BCUT2D eigenvalue weighted by molar-refractivity contribution is 8.77. The van der Waals surface area contributed by atoms with E-state index in [2.05, 4.69) is 13.8 Å². The zero-order valence-electron chi connectivity index (χ0n) is 10.6. The van der Waals surface area contributed by atoms with E-state index in [0.29, 0.717) is 6.42 Å². The summed E-state index contributed by atoms with van der Waals surface area (Å²) in [5.41, 5.74) is 0. The van der Waals surface area contributed by atoms with Gasteiger partial charge < -0.3 is 10.2 Å². The lowest BCUT2D eigenvalue weighted by molar-refractivity contribution is -0.0810. The molecule has 0 aromatic rings. The molecule has 0 heterocycles. The van der Waals surface area contributed by atoms with Crippen LogP contribution in [0.2, 0.25) is 0 Å². The highest BCUT2D eigenvalue weighted by Gasteiger charge is 2.23. The molecule has 0 saturated heterocycles. The summed E-state index contributed by atoms with van der Waals surface area (Å²) >= 11 is 0. The minimum Gasteiger partial charge on any atom is -0.357 e. The van der Waals surface area contributed by atoms with E-state index in [4.69, 9.17) is 0 Å². The van der Waals surface area contributed by atoms with E-state index in [1.807, 2.05) is 0 Å². The molecule has 0 atom stereocenters. The second kappa shape index (κ2) is 10.8. The molecule has 0 bridgehead atoms. The zero-order chi connectivity index (χ0) is 12.3. The maximum atomic E-state index is 9.64. The Balaban J connectivity index is 3.35. The van der Waals surface area contributed by atoms with Crippen LogP contribution in [0, 0.1) is 0 Å². The van der Waals surface area contributed by atoms with Crippen LogP contribution >= 0.6 is 21.6 Å². The molecule has 98 valence electrons. The smallest absolute Gasteiger partial charge is 0.223 e. The summed E-state index contributed by atoms with van der Waals surface area (Å²) in [6, 6.07) is 0. The minimum absolute atomic E-state index is 0.480. The Morgan fingerprint density at radius 1 is 0.875 bits per heavy atom. The maximum Gasteiger partial charge on any atom is 0.223 e. The molecule has 0 unspecified atom stereocenters. The molecular weight excluding hydrogens is 240 g/mol. The third-order valence-electron chi connectivity index (χ3n) is 2.38. The summed E-state index contributed by atoms with van der Waals surface area (Å²) in [5.74, 6) is 1.02. The van der Waals surface area contributed by atoms with Gasteiger partial charge in [-0.2, -0.15) is 0 Å². The van der Waals surface area contributed by atoms with Crippen LogP contribution in [0.3, 0.4) is 0 Å². The van der Waals surface area contributed by atoms with E-state index in [1.165, 1.54) is 36.5 Å². The molecule has 2 N–H and O–H groups in total. The average molecular weight is 266 g/mol. The molecule has 0 aliphatic heterocycles. The molecule has 0 radical (unpaired) electrons. The van der Waals surface area contributed by atoms with Crippen molar-refractivity contribution in [2.75, 3.05) is 5.75 Å². The van der Waals surface area contributed by atoms with Crippen LogP contribution in [0.25, 0.3) is 0 Å². The fourth-order valence-electron chi connectivity index (χ4n) is 1.37. The summed E-state index contributed by atoms with van der Waals surface area (Å²) in [6.45, 7) is 4.31. The Labute approximate surface area is 108 Å². The SMILES string of the molecule is CCCCCCSSC(O)(O)CCCCC. The van der Waals surface area contributed by atoms with E-state index in [1.54, 1.807) is 10.8 Å². The molecule has 0 saturated carbocycles. The van der Waals surface area contributed by atoms with Crippen LogP contribution in [0.1, 0.15) is 65.2 Å². The monoisotopic (exact) mass is 266 g/mol. The first-order valence-corrected chi connectivity index (χ1v) is 8.69. The normalized spacial score (nSPS) is 12.0. The van der Waals surface area contributed by atoms with Gasteiger partial charge in [-0.05, 0) is 23.6 Å². The Morgan fingerprint density at radius 2 is 1.50 bits per heavy atom. The lowest BCUT2D eigenvalue weighted by atomic mass is 10.2. The summed E-state index contributed by atoms with van der Waals surface area (Å²) in [6.07, 6.45) is 8.53. The van der Waals surface area contributed by atoms with Crippen molar-refractivity contribution >= 4 is 21.6 Å². The van der Waals surface area contributed by atoms with Crippen LogP contribution in [0.5, 0.6) is 0 Å². The first kappa shape index (κ1) is 16.6. The Hall–Kier alpha value is 0.620. The first-order chi connectivity index (χ1) is 7.62. The number of hydrogen-bond acceptors (Lipinski definition) is 4. The Bertz CT molecular complexity index is 152. The van der Waals surface area contributed by atoms with Gasteiger partial charge in [0.25, 0.3) is 0 Å². The predicted molar refractivity (Wildman–Crippen MR) is 75.5 cm³/mol. The van der Waals surface area contributed by atoms with Crippen molar-refractivity contribution in [1.82, 2.24) is 0 Å². The molecule has 0 rings (SSSR count). The van der Waals surface area contributed by atoms with Crippen molar-refractivity contribution in [3.63, 3.8) is 0 Å². The summed E-state index contributed by atoms with van der Waals surface area (Å²) < 4.78 is 0. The minimum atomic E-state index is -1.52. The molecule has 2 nitrogen and oxygen atoms in total. The van der Waals surface area contributed by atoms with Crippen molar-refractivity contribution < 1.29 is 10.2 Å². The van der Waals surface area contributed by atoms with Crippen molar-refractivity contribution in [3.8, 4) is 0 Å². The zero-order valence-corrected chi connectivity index (χ0v) is 12.2. The molecule has 0 aliphatic carbocycles. The van der Waals surface area contributed by atoms with Gasteiger partial charge in [0.15, 0.2) is 0 Å². The van der Waals surface area contributed by atoms with Gasteiger partial charge in [0.05, 0.1) is 0 Å².